The summed E-state index contributed by atoms with van der Waals surface area (Å²) >= 11 is 0. The van der Waals surface area contributed by atoms with E-state index in [1.807, 2.05) is 32.9 Å². The standard InChI is InChI=1S/C16H24N4O3/c1-16(2,3)23-15(21)20-8-7-17-13(11-20)18-9-12-5-6-14(22-4)19-10-12/h5-6,10H,7-9,11H2,1-4H3,(H,17,18). The van der Waals surface area contributed by atoms with E-state index < -0.39 is 5.60 Å². The summed E-state index contributed by atoms with van der Waals surface area (Å²) in [5, 5.41) is 3.24. The Hall–Kier alpha value is -2.31. The molecule has 0 radical (unpaired) electrons. The Balaban J connectivity index is 1.86. The normalized spacial score (nSPS) is 15.0. The molecule has 0 aromatic carbocycles. The molecule has 126 valence electrons. The zero-order valence-electron chi connectivity index (χ0n) is 14.1. The van der Waals surface area contributed by atoms with E-state index in [-0.39, 0.29) is 6.09 Å². The number of hydrogen-bond donors (Lipinski definition) is 1. The minimum atomic E-state index is -0.492. The van der Waals surface area contributed by atoms with Crippen LogP contribution in [0.4, 0.5) is 4.79 Å². The maximum Gasteiger partial charge on any atom is 0.410 e. The molecule has 0 spiro atoms. The summed E-state index contributed by atoms with van der Waals surface area (Å²) in [5.74, 6) is 1.36. The summed E-state index contributed by atoms with van der Waals surface area (Å²) in [7, 11) is 1.59. The van der Waals surface area contributed by atoms with Crippen LogP contribution in [0.1, 0.15) is 26.3 Å². The Labute approximate surface area is 136 Å². The van der Waals surface area contributed by atoms with E-state index >= 15 is 0 Å². The van der Waals surface area contributed by atoms with Crippen LogP contribution in [-0.4, -0.2) is 54.2 Å². The average Bonchev–Trinajstić information content (AvgIpc) is 2.52. The molecule has 7 nitrogen and oxygen atoms in total. The van der Waals surface area contributed by atoms with Crippen LogP contribution in [0.3, 0.4) is 0 Å². The molecule has 2 heterocycles. The number of pyridine rings is 1. The lowest BCUT2D eigenvalue weighted by molar-refractivity contribution is 0.0276. The third-order valence-electron chi connectivity index (χ3n) is 3.17. The first kappa shape index (κ1) is 17.1. The molecule has 7 heteroatoms. The topological polar surface area (TPSA) is 76.0 Å². The summed E-state index contributed by atoms with van der Waals surface area (Å²) in [6.45, 7) is 7.75. The van der Waals surface area contributed by atoms with Gasteiger partial charge in [-0.05, 0) is 26.3 Å². The minimum Gasteiger partial charge on any atom is -0.481 e. The second-order valence-electron chi connectivity index (χ2n) is 6.29. The number of amides is 1. The van der Waals surface area contributed by atoms with Crippen LogP contribution in [0.5, 0.6) is 5.88 Å². The third kappa shape index (κ3) is 5.43. The number of aromatic nitrogens is 1. The van der Waals surface area contributed by atoms with Crippen molar-refractivity contribution in [3.8, 4) is 5.88 Å². The molecule has 1 aliphatic rings. The van der Waals surface area contributed by atoms with Gasteiger partial charge in [0, 0.05) is 25.4 Å². The first-order valence-electron chi connectivity index (χ1n) is 7.61. The molecular formula is C16H24N4O3. The number of rotatable bonds is 3. The van der Waals surface area contributed by atoms with Crippen molar-refractivity contribution in [3.63, 3.8) is 0 Å². The van der Waals surface area contributed by atoms with E-state index in [1.54, 1.807) is 18.2 Å². The van der Waals surface area contributed by atoms with Gasteiger partial charge in [-0.3, -0.25) is 9.89 Å². The summed E-state index contributed by atoms with van der Waals surface area (Å²) < 4.78 is 10.4. The monoisotopic (exact) mass is 320 g/mol. The van der Waals surface area contributed by atoms with Crippen LogP contribution in [0.2, 0.25) is 0 Å². The molecule has 23 heavy (non-hydrogen) atoms. The van der Waals surface area contributed by atoms with E-state index in [0.717, 1.165) is 11.4 Å². The van der Waals surface area contributed by atoms with Crippen molar-refractivity contribution in [1.82, 2.24) is 15.2 Å². The lowest BCUT2D eigenvalue weighted by Crippen LogP contribution is -2.47. The van der Waals surface area contributed by atoms with Gasteiger partial charge >= 0.3 is 6.09 Å². The molecule has 0 atom stereocenters. The molecule has 0 fully saturated rings. The van der Waals surface area contributed by atoms with Crippen LogP contribution in [0.15, 0.2) is 23.3 Å². The highest BCUT2D eigenvalue weighted by Crippen LogP contribution is 2.11. The van der Waals surface area contributed by atoms with Crippen LogP contribution in [0.25, 0.3) is 0 Å². The molecule has 1 aromatic heterocycles. The molecule has 2 rings (SSSR count). The molecule has 0 aliphatic carbocycles. The Morgan fingerprint density at radius 2 is 2.17 bits per heavy atom. The first-order valence-corrected chi connectivity index (χ1v) is 7.61. The van der Waals surface area contributed by atoms with Gasteiger partial charge in [0.1, 0.15) is 11.4 Å². The fraction of sp³-hybridized carbons (Fsp3) is 0.562. The van der Waals surface area contributed by atoms with E-state index in [1.165, 1.54) is 0 Å². The number of carbonyl (C=O) groups excluding carboxylic acids is 1. The fourth-order valence-corrected chi connectivity index (χ4v) is 2.05. The highest BCUT2D eigenvalue weighted by atomic mass is 16.6. The molecule has 0 bridgehead atoms. The third-order valence-corrected chi connectivity index (χ3v) is 3.17. The fourth-order valence-electron chi connectivity index (χ4n) is 2.05. The van der Waals surface area contributed by atoms with Gasteiger partial charge in [0.2, 0.25) is 5.88 Å². The van der Waals surface area contributed by atoms with E-state index in [0.29, 0.717) is 32.1 Å². The van der Waals surface area contributed by atoms with Crippen LogP contribution < -0.4 is 10.1 Å². The van der Waals surface area contributed by atoms with Crippen molar-refractivity contribution in [2.24, 2.45) is 4.99 Å². The smallest absolute Gasteiger partial charge is 0.410 e. The van der Waals surface area contributed by atoms with Gasteiger partial charge in [0.05, 0.1) is 20.2 Å². The van der Waals surface area contributed by atoms with Crippen LogP contribution in [-0.2, 0) is 11.3 Å². The number of aliphatic imine (C=N–C) groups is 1. The van der Waals surface area contributed by atoms with Gasteiger partial charge in [-0.2, -0.15) is 0 Å². The van der Waals surface area contributed by atoms with Crippen molar-refractivity contribution in [2.75, 3.05) is 26.7 Å². The number of methoxy groups -OCH3 is 1. The van der Waals surface area contributed by atoms with E-state index in [9.17, 15) is 4.79 Å². The lowest BCUT2D eigenvalue weighted by atomic mass is 10.2. The Morgan fingerprint density at radius 1 is 1.39 bits per heavy atom. The second-order valence-corrected chi connectivity index (χ2v) is 6.29. The Morgan fingerprint density at radius 3 is 2.78 bits per heavy atom. The van der Waals surface area contributed by atoms with E-state index in [4.69, 9.17) is 9.47 Å². The Kier molecular flexibility index (Phi) is 5.41. The van der Waals surface area contributed by atoms with Crippen molar-refractivity contribution in [3.05, 3.63) is 23.9 Å². The van der Waals surface area contributed by atoms with Gasteiger partial charge < -0.3 is 14.8 Å². The number of hydrogen-bond acceptors (Lipinski definition) is 6. The van der Waals surface area contributed by atoms with Gasteiger partial charge in [-0.25, -0.2) is 9.78 Å². The van der Waals surface area contributed by atoms with Crippen LogP contribution in [0, 0.1) is 0 Å². The van der Waals surface area contributed by atoms with Gasteiger partial charge in [-0.1, -0.05) is 6.07 Å². The second kappa shape index (κ2) is 7.30. The summed E-state index contributed by atoms with van der Waals surface area (Å²) in [6.07, 6.45) is 1.44. The van der Waals surface area contributed by atoms with Gasteiger partial charge in [0.15, 0.2) is 0 Å². The van der Waals surface area contributed by atoms with Crippen molar-refractivity contribution >= 4 is 11.9 Å². The highest BCUT2D eigenvalue weighted by Gasteiger charge is 2.24. The number of ether oxygens (including phenoxy) is 2. The highest BCUT2D eigenvalue weighted by molar-refractivity contribution is 5.87. The van der Waals surface area contributed by atoms with E-state index in [2.05, 4.69) is 15.3 Å². The molecule has 1 N–H and O–H groups in total. The SMILES string of the molecule is COc1ccc(CNC2=NCCN(C(=O)OC(C)(C)C)C2)cn1. The van der Waals surface area contributed by atoms with Crippen molar-refractivity contribution in [1.29, 1.82) is 0 Å². The van der Waals surface area contributed by atoms with Crippen molar-refractivity contribution in [2.45, 2.75) is 32.9 Å². The number of nitrogens with zero attached hydrogens (tertiary/aromatic N) is 3. The Bertz CT molecular complexity index is 564. The molecular weight excluding hydrogens is 296 g/mol. The quantitative estimate of drug-likeness (QED) is 0.919. The van der Waals surface area contributed by atoms with Crippen LogP contribution >= 0.6 is 0 Å². The molecule has 1 amide bonds. The zero-order valence-corrected chi connectivity index (χ0v) is 14.1. The summed E-state index contributed by atoms with van der Waals surface area (Å²) in [6, 6.07) is 3.75. The maximum absolute atomic E-state index is 12.1. The molecule has 0 saturated heterocycles. The molecule has 1 aliphatic heterocycles. The molecule has 0 unspecified atom stereocenters. The summed E-state index contributed by atoms with van der Waals surface area (Å²) in [4.78, 5) is 22.3. The lowest BCUT2D eigenvalue weighted by Gasteiger charge is -2.29. The number of amidine groups is 1. The molecule has 1 aromatic rings. The average molecular weight is 320 g/mol. The number of carbonyl (C=O) groups is 1. The minimum absolute atomic E-state index is 0.308. The molecule has 0 saturated carbocycles. The predicted octanol–water partition coefficient (Wildman–Crippen LogP) is 1.83. The van der Waals surface area contributed by atoms with Crippen molar-refractivity contribution < 1.29 is 14.3 Å². The first-order chi connectivity index (χ1) is 10.9. The number of nitrogens with one attached hydrogen (secondary N) is 1. The predicted molar refractivity (Wildman–Crippen MR) is 87.7 cm³/mol. The van der Waals surface area contributed by atoms with Gasteiger partial charge in [0.25, 0.3) is 0 Å². The maximum atomic E-state index is 12.1. The van der Waals surface area contributed by atoms with Gasteiger partial charge in [-0.15, -0.1) is 0 Å². The largest absolute Gasteiger partial charge is 0.481 e. The zero-order chi connectivity index (χ0) is 16.9. The summed E-state index contributed by atoms with van der Waals surface area (Å²) in [5.41, 5.74) is 0.525.